The molecule has 3 heteroatoms. The van der Waals surface area contributed by atoms with Crippen LogP contribution in [-0.4, -0.2) is 11.0 Å². The molecule has 1 atom stereocenters. The summed E-state index contributed by atoms with van der Waals surface area (Å²) in [4.78, 5) is 4.95. The average Bonchev–Trinajstić information content (AvgIpc) is 3.17. The fraction of sp³-hybridized carbons (Fsp3) is 0.800. The maximum Gasteiger partial charge on any atom is 0.113 e. The van der Waals surface area contributed by atoms with Gasteiger partial charge in [-0.2, -0.15) is 0 Å². The molecule has 18 heavy (non-hydrogen) atoms. The number of thiazole rings is 1. The fourth-order valence-electron chi connectivity index (χ4n) is 2.52. The third kappa shape index (κ3) is 2.35. The van der Waals surface area contributed by atoms with Crippen molar-refractivity contribution in [3.63, 3.8) is 0 Å². The minimum atomic E-state index is 0.134. The lowest BCUT2D eigenvalue weighted by Gasteiger charge is -2.29. The minimum absolute atomic E-state index is 0.134. The van der Waals surface area contributed by atoms with Crippen LogP contribution in [0.25, 0.3) is 0 Å². The van der Waals surface area contributed by atoms with Gasteiger partial charge < -0.3 is 5.32 Å². The molecule has 0 amide bonds. The molecule has 3 rings (SSSR count). The zero-order valence-corrected chi connectivity index (χ0v) is 12.7. The van der Waals surface area contributed by atoms with Crippen LogP contribution in [-0.2, 0) is 11.0 Å². The van der Waals surface area contributed by atoms with Crippen LogP contribution in [0, 0.1) is 5.92 Å². The van der Waals surface area contributed by atoms with Crippen molar-refractivity contribution < 1.29 is 0 Å². The van der Waals surface area contributed by atoms with Crippen molar-refractivity contribution >= 4 is 11.3 Å². The second-order valence-electron chi connectivity index (χ2n) is 7.18. The monoisotopic (exact) mass is 264 g/mol. The highest BCUT2D eigenvalue weighted by Gasteiger charge is 2.47. The summed E-state index contributed by atoms with van der Waals surface area (Å²) in [5.74, 6) is 0.803. The van der Waals surface area contributed by atoms with E-state index >= 15 is 0 Å². The number of nitrogens with one attached hydrogen (secondary N) is 1. The van der Waals surface area contributed by atoms with Gasteiger partial charge >= 0.3 is 0 Å². The first kappa shape index (κ1) is 12.6. The minimum Gasteiger partial charge on any atom is -0.303 e. The van der Waals surface area contributed by atoms with E-state index in [0.29, 0.717) is 0 Å². The molecule has 2 aliphatic rings. The Morgan fingerprint density at radius 1 is 1.17 bits per heavy atom. The summed E-state index contributed by atoms with van der Waals surface area (Å²) in [5.41, 5.74) is 1.54. The first-order valence-electron chi connectivity index (χ1n) is 7.14. The summed E-state index contributed by atoms with van der Waals surface area (Å²) in [6, 6.07) is 0.748. The lowest BCUT2D eigenvalue weighted by molar-refractivity contribution is 0.312. The standard InChI is InChI=1S/C15H24N2S/c1-14(2,3)12-9-18-13(16-12)15(4,10-5-6-10)17-11-7-8-11/h9-11,17H,5-8H2,1-4H3. The second kappa shape index (κ2) is 4.04. The van der Waals surface area contributed by atoms with Crippen molar-refractivity contribution in [2.24, 2.45) is 5.92 Å². The van der Waals surface area contributed by atoms with Gasteiger partial charge in [-0.05, 0) is 38.5 Å². The summed E-state index contributed by atoms with van der Waals surface area (Å²) >= 11 is 1.85. The van der Waals surface area contributed by atoms with E-state index in [2.05, 4.69) is 38.4 Å². The van der Waals surface area contributed by atoms with Gasteiger partial charge in [-0.25, -0.2) is 4.98 Å². The topological polar surface area (TPSA) is 24.9 Å². The van der Waals surface area contributed by atoms with E-state index in [1.165, 1.54) is 36.4 Å². The van der Waals surface area contributed by atoms with Gasteiger partial charge in [0.15, 0.2) is 0 Å². The van der Waals surface area contributed by atoms with Gasteiger partial charge in [-0.3, -0.25) is 0 Å². The maximum absolute atomic E-state index is 4.95. The smallest absolute Gasteiger partial charge is 0.113 e. The van der Waals surface area contributed by atoms with Crippen LogP contribution in [0.2, 0.25) is 0 Å². The predicted octanol–water partition coefficient (Wildman–Crippen LogP) is 3.82. The molecule has 1 N–H and O–H groups in total. The van der Waals surface area contributed by atoms with E-state index in [0.717, 1.165) is 12.0 Å². The molecule has 0 aliphatic heterocycles. The first-order chi connectivity index (χ1) is 8.39. The van der Waals surface area contributed by atoms with Crippen LogP contribution in [0.1, 0.15) is 64.1 Å². The Morgan fingerprint density at radius 3 is 2.28 bits per heavy atom. The van der Waals surface area contributed by atoms with Crippen LogP contribution in [0.4, 0.5) is 0 Å². The van der Waals surface area contributed by atoms with Crippen LogP contribution in [0.15, 0.2) is 5.38 Å². The number of hydrogen-bond donors (Lipinski definition) is 1. The normalized spacial score (nSPS) is 24.0. The van der Waals surface area contributed by atoms with Crippen molar-refractivity contribution in [1.82, 2.24) is 10.3 Å². The Hall–Kier alpha value is -0.410. The molecule has 2 nitrogen and oxygen atoms in total. The van der Waals surface area contributed by atoms with E-state index < -0.39 is 0 Å². The van der Waals surface area contributed by atoms with Crippen molar-refractivity contribution in [2.45, 2.75) is 70.4 Å². The van der Waals surface area contributed by atoms with E-state index in [-0.39, 0.29) is 11.0 Å². The molecular weight excluding hydrogens is 240 g/mol. The third-order valence-corrected chi connectivity index (χ3v) is 5.27. The molecule has 2 fully saturated rings. The zero-order chi connectivity index (χ0) is 13.0. The molecule has 100 valence electrons. The van der Waals surface area contributed by atoms with E-state index in [9.17, 15) is 0 Å². The largest absolute Gasteiger partial charge is 0.303 e. The molecule has 2 aliphatic carbocycles. The van der Waals surface area contributed by atoms with Gasteiger partial charge in [0.25, 0.3) is 0 Å². The van der Waals surface area contributed by atoms with Gasteiger partial charge in [-0.1, -0.05) is 20.8 Å². The van der Waals surface area contributed by atoms with Gasteiger partial charge in [0, 0.05) is 16.8 Å². The predicted molar refractivity (Wildman–Crippen MR) is 77.0 cm³/mol. The van der Waals surface area contributed by atoms with Gasteiger partial charge in [-0.15, -0.1) is 11.3 Å². The van der Waals surface area contributed by atoms with Crippen molar-refractivity contribution in [3.05, 3.63) is 16.1 Å². The van der Waals surface area contributed by atoms with E-state index in [4.69, 9.17) is 4.98 Å². The zero-order valence-electron chi connectivity index (χ0n) is 11.9. The second-order valence-corrected chi connectivity index (χ2v) is 8.04. The molecule has 0 spiro atoms. The number of rotatable bonds is 4. The van der Waals surface area contributed by atoms with E-state index in [1.807, 2.05) is 11.3 Å². The molecule has 2 saturated carbocycles. The summed E-state index contributed by atoms with van der Waals surface area (Å²) < 4.78 is 0. The van der Waals surface area contributed by atoms with E-state index in [1.54, 1.807) is 0 Å². The molecular formula is C15H24N2S. The first-order valence-corrected chi connectivity index (χ1v) is 8.02. The SMILES string of the molecule is CC(C)(C)c1csc(C(C)(NC2CC2)C2CC2)n1. The highest BCUT2D eigenvalue weighted by atomic mass is 32.1. The lowest BCUT2D eigenvalue weighted by Crippen LogP contribution is -2.43. The molecule has 1 aromatic rings. The van der Waals surface area contributed by atoms with Crippen molar-refractivity contribution in [2.75, 3.05) is 0 Å². The van der Waals surface area contributed by atoms with Gasteiger partial charge in [0.05, 0.1) is 11.2 Å². The van der Waals surface area contributed by atoms with Crippen molar-refractivity contribution in [1.29, 1.82) is 0 Å². The summed E-state index contributed by atoms with van der Waals surface area (Å²) in [5, 5.41) is 7.42. The molecule has 0 aromatic carbocycles. The maximum atomic E-state index is 4.95. The molecule has 1 aromatic heterocycles. The Labute approximate surface area is 114 Å². The van der Waals surface area contributed by atoms with Gasteiger partial charge in [0.2, 0.25) is 0 Å². The van der Waals surface area contributed by atoms with Crippen LogP contribution in [0.5, 0.6) is 0 Å². The number of hydrogen-bond acceptors (Lipinski definition) is 3. The molecule has 0 saturated heterocycles. The molecule has 0 radical (unpaired) electrons. The Bertz CT molecular complexity index is 438. The average molecular weight is 264 g/mol. The van der Waals surface area contributed by atoms with Gasteiger partial charge in [0.1, 0.15) is 5.01 Å². The van der Waals surface area contributed by atoms with Crippen molar-refractivity contribution in [3.8, 4) is 0 Å². The number of aromatic nitrogens is 1. The fourth-order valence-corrected chi connectivity index (χ4v) is 3.77. The van der Waals surface area contributed by atoms with Crippen LogP contribution in [0.3, 0.4) is 0 Å². The summed E-state index contributed by atoms with van der Waals surface area (Å²) in [6.45, 7) is 9.10. The third-order valence-electron chi connectivity index (χ3n) is 4.19. The summed E-state index contributed by atoms with van der Waals surface area (Å²) in [7, 11) is 0. The highest BCUT2D eigenvalue weighted by molar-refractivity contribution is 7.09. The Morgan fingerprint density at radius 2 is 1.83 bits per heavy atom. The molecule has 1 heterocycles. The molecule has 1 unspecified atom stereocenters. The van der Waals surface area contributed by atoms with Crippen LogP contribution < -0.4 is 5.32 Å². The van der Waals surface area contributed by atoms with Crippen LogP contribution >= 0.6 is 11.3 Å². The Kier molecular flexibility index (Phi) is 2.83. The quantitative estimate of drug-likeness (QED) is 0.894. The number of nitrogens with zero attached hydrogens (tertiary/aromatic N) is 1. The molecule has 0 bridgehead atoms. The lowest BCUT2D eigenvalue weighted by atomic mass is 9.92. The Balaban J connectivity index is 1.87. The highest BCUT2D eigenvalue weighted by Crippen LogP contribution is 2.48. The summed E-state index contributed by atoms with van der Waals surface area (Å²) in [6.07, 6.45) is 5.42.